The molecule has 0 spiro atoms. The number of rotatable bonds is 4. The number of aryl methyl sites for hydroxylation is 1. The van der Waals surface area contributed by atoms with Gasteiger partial charge in [0.15, 0.2) is 0 Å². The van der Waals surface area contributed by atoms with E-state index in [2.05, 4.69) is 14.9 Å². The van der Waals surface area contributed by atoms with Crippen molar-refractivity contribution in [2.75, 3.05) is 24.6 Å². The first-order valence-corrected chi connectivity index (χ1v) is 6.92. The van der Waals surface area contributed by atoms with Gasteiger partial charge in [0.1, 0.15) is 16.8 Å². The molecule has 1 aliphatic rings. The van der Waals surface area contributed by atoms with Crippen molar-refractivity contribution in [3.8, 4) is 0 Å². The highest BCUT2D eigenvalue weighted by atomic mass is 35.5. The van der Waals surface area contributed by atoms with Crippen LogP contribution in [0.5, 0.6) is 0 Å². The van der Waals surface area contributed by atoms with Crippen LogP contribution in [0.25, 0.3) is 0 Å². The van der Waals surface area contributed by atoms with Crippen LogP contribution in [0.2, 0.25) is 5.15 Å². The molecule has 2 rings (SSSR count). The van der Waals surface area contributed by atoms with E-state index in [0.29, 0.717) is 11.1 Å². The lowest BCUT2D eigenvalue weighted by Crippen LogP contribution is -2.23. The summed E-state index contributed by atoms with van der Waals surface area (Å²) < 4.78 is 0. The van der Waals surface area contributed by atoms with Crippen molar-refractivity contribution < 1.29 is 5.11 Å². The average molecular weight is 270 g/mol. The van der Waals surface area contributed by atoms with Crippen LogP contribution in [0, 0.1) is 12.8 Å². The van der Waals surface area contributed by atoms with E-state index < -0.39 is 0 Å². The van der Waals surface area contributed by atoms with Crippen LogP contribution in [-0.4, -0.2) is 34.8 Å². The Hall–Kier alpha value is -0.870. The van der Waals surface area contributed by atoms with Gasteiger partial charge < -0.3 is 10.0 Å². The minimum absolute atomic E-state index is 0.266. The van der Waals surface area contributed by atoms with Crippen LogP contribution in [0.15, 0.2) is 0 Å². The number of aliphatic hydroxyl groups excluding tert-OH is 1. The summed E-state index contributed by atoms with van der Waals surface area (Å²) in [5.74, 6) is 2.33. The van der Waals surface area contributed by atoms with Crippen molar-refractivity contribution in [3.63, 3.8) is 0 Å². The van der Waals surface area contributed by atoms with Gasteiger partial charge in [-0.25, -0.2) is 9.97 Å². The first kappa shape index (κ1) is 13.6. The second-order valence-corrected chi connectivity index (χ2v) is 5.20. The molecule has 1 saturated heterocycles. The first-order valence-electron chi connectivity index (χ1n) is 6.54. The molecule has 1 fully saturated rings. The quantitative estimate of drug-likeness (QED) is 0.852. The molecule has 0 amide bonds. The van der Waals surface area contributed by atoms with E-state index in [1.165, 1.54) is 0 Å². The second kappa shape index (κ2) is 5.85. The maximum Gasteiger partial charge on any atom is 0.137 e. The normalized spacial score (nSPS) is 19.6. The zero-order valence-corrected chi connectivity index (χ0v) is 11.7. The molecule has 1 atom stereocenters. The first-order chi connectivity index (χ1) is 8.65. The summed E-state index contributed by atoms with van der Waals surface area (Å²) in [4.78, 5) is 11.1. The highest BCUT2D eigenvalue weighted by Gasteiger charge is 2.25. The van der Waals surface area contributed by atoms with Crippen LogP contribution >= 0.6 is 11.6 Å². The lowest BCUT2D eigenvalue weighted by Gasteiger charge is -2.20. The molecule has 100 valence electrons. The smallest absolute Gasteiger partial charge is 0.137 e. The van der Waals surface area contributed by atoms with Crippen molar-refractivity contribution in [1.29, 1.82) is 0 Å². The fourth-order valence-electron chi connectivity index (χ4n) is 2.43. The lowest BCUT2D eigenvalue weighted by molar-refractivity contribution is 0.263. The summed E-state index contributed by atoms with van der Waals surface area (Å²) in [5.41, 5.74) is 0.957. The van der Waals surface area contributed by atoms with E-state index in [1.54, 1.807) is 0 Å². The van der Waals surface area contributed by atoms with E-state index in [1.807, 2.05) is 13.8 Å². The number of anilines is 1. The van der Waals surface area contributed by atoms with E-state index >= 15 is 0 Å². The van der Waals surface area contributed by atoms with Crippen LogP contribution < -0.4 is 4.90 Å². The highest BCUT2D eigenvalue weighted by Crippen LogP contribution is 2.29. The lowest BCUT2D eigenvalue weighted by atomic mass is 10.1. The van der Waals surface area contributed by atoms with Crippen LogP contribution in [0.1, 0.15) is 31.2 Å². The second-order valence-electron chi connectivity index (χ2n) is 4.85. The van der Waals surface area contributed by atoms with Gasteiger partial charge in [0.2, 0.25) is 0 Å². The van der Waals surface area contributed by atoms with Gasteiger partial charge in [-0.15, -0.1) is 0 Å². The monoisotopic (exact) mass is 269 g/mol. The predicted octanol–water partition coefficient (Wildman–Crippen LogP) is 2.21. The van der Waals surface area contributed by atoms with Crippen molar-refractivity contribution in [2.45, 2.75) is 33.1 Å². The summed E-state index contributed by atoms with van der Waals surface area (Å²) in [6.07, 6.45) is 2.78. The van der Waals surface area contributed by atoms with Crippen LogP contribution in [0.4, 0.5) is 5.82 Å². The van der Waals surface area contributed by atoms with Gasteiger partial charge in [-0.3, -0.25) is 0 Å². The Labute approximate surface area is 113 Å². The number of aliphatic hydroxyl groups is 1. The molecule has 1 N–H and O–H groups in total. The fraction of sp³-hybridized carbons (Fsp3) is 0.692. The Morgan fingerprint density at radius 1 is 1.44 bits per heavy atom. The van der Waals surface area contributed by atoms with Gasteiger partial charge in [0, 0.05) is 31.7 Å². The highest BCUT2D eigenvalue weighted by molar-refractivity contribution is 6.30. The van der Waals surface area contributed by atoms with Crippen molar-refractivity contribution in [2.24, 2.45) is 5.92 Å². The predicted molar refractivity (Wildman–Crippen MR) is 73.2 cm³/mol. The summed E-state index contributed by atoms with van der Waals surface area (Å²) >= 11 is 6.16. The molecule has 1 aromatic rings. The Morgan fingerprint density at radius 3 is 2.89 bits per heavy atom. The number of hydrogen-bond acceptors (Lipinski definition) is 4. The molecule has 0 aromatic carbocycles. The number of aromatic nitrogens is 2. The average Bonchev–Trinajstić information content (AvgIpc) is 2.81. The van der Waals surface area contributed by atoms with Crippen molar-refractivity contribution in [3.05, 3.63) is 16.5 Å². The Balaban J connectivity index is 2.20. The summed E-state index contributed by atoms with van der Waals surface area (Å²) in [6, 6.07) is 0. The molecule has 1 aromatic heterocycles. The minimum Gasteiger partial charge on any atom is -0.396 e. The third-order valence-corrected chi connectivity index (χ3v) is 3.91. The Morgan fingerprint density at radius 2 is 2.22 bits per heavy atom. The fourth-order valence-corrected chi connectivity index (χ4v) is 2.61. The molecule has 0 radical (unpaired) electrons. The third-order valence-electron chi connectivity index (χ3n) is 3.55. The molecular formula is C13H20ClN3O. The van der Waals surface area contributed by atoms with Gasteiger partial charge in [-0.1, -0.05) is 18.5 Å². The maximum absolute atomic E-state index is 9.00. The van der Waals surface area contributed by atoms with Gasteiger partial charge in [0.25, 0.3) is 0 Å². The Bertz CT molecular complexity index is 425. The summed E-state index contributed by atoms with van der Waals surface area (Å²) in [7, 11) is 0. The molecule has 18 heavy (non-hydrogen) atoms. The van der Waals surface area contributed by atoms with Gasteiger partial charge in [0.05, 0.1) is 0 Å². The third kappa shape index (κ3) is 2.75. The standard InChI is InChI=1S/C13H20ClN3O/c1-3-11-15-12(14)9(2)13(16-11)17-6-4-10(8-17)5-7-18/h10,18H,3-8H2,1-2H3. The molecule has 0 saturated carbocycles. The van der Waals surface area contributed by atoms with Crippen LogP contribution in [-0.2, 0) is 6.42 Å². The number of hydrogen-bond donors (Lipinski definition) is 1. The van der Waals surface area contributed by atoms with Crippen molar-refractivity contribution >= 4 is 17.4 Å². The van der Waals surface area contributed by atoms with Gasteiger partial charge in [-0.05, 0) is 25.7 Å². The van der Waals surface area contributed by atoms with E-state index in [4.69, 9.17) is 16.7 Å². The van der Waals surface area contributed by atoms with Crippen LogP contribution in [0.3, 0.4) is 0 Å². The Kier molecular flexibility index (Phi) is 4.40. The molecule has 0 aliphatic carbocycles. The summed E-state index contributed by atoms with van der Waals surface area (Å²) in [6.45, 7) is 6.21. The number of halogens is 1. The van der Waals surface area contributed by atoms with E-state index in [-0.39, 0.29) is 6.61 Å². The minimum atomic E-state index is 0.266. The maximum atomic E-state index is 9.00. The molecule has 4 nitrogen and oxygen atoms in total. The zero-order valence-electron chi connectivity index (χ0n) is 11.0. The van der Waals surface area contributed by atoms with E-state index in [9.17, 15) is 0 Å². The molecule has 1 aliphatic heterocycles. The molecule has 0 bridgehead atoms. The SMILES string of the molecule is CCc1nc(Cl)c(C)c(N2CCC(CCO)C2)n1. The molecular weight excluding hydrogens is 250 g/mol. The topological polar surface area (TPSA) is 49.2 Å². The van der Waals surface area contributed by atoms with Gasteiger partial charge >= 0.3 is 0 Å². The van der Waals surface area contributed by atoms with Gasteiger partial charge in [-0.2, -0.15) is 0 Å². The van der Waals surface area contributed by atoms with Crippen molar-refractivity contribution in [1.82, 2.24) is 9.97 Å². The largest absolute Gasteiger partial charge is 0.396 e. The zero-order chi connectivity index (χ0) is 13.1. The molecule has 1 unspecified atom stereocenters. The molecule has 2 heterocycles. The van der Waals surface area contributed by atoms with E-state index in [0.717, 1.165) is 49.6 Å². The summed E-state index contributed by atoms with van der Waals surface area (Å²) in [5, 5.41) is 9.56. The number of nitrogens with zero attached hydrogens (tertiary/aromatic N) is 3. The molecule has 5 heteroatoms.